The first kappa shape index (κ1) is 35.4. The van der Waals surface area contributed by atoms with Crippen LogP contribution in [0.15, 0.2) is 72.8 Å². The van der Waals surface area contributed by atoms with Gasteiger partial charge < -0.3 is 24.1 Å². The van der Waals surface area contributed by atoms with E-state index in [0.717, 1.165) is 70.4 Å². The lowest BCUT2D eigenvalue weighted by molar-refractivity contribution is -0.122. The lowest BCUT2D eigenvalue weighted by Crippen LogP contribution is -2.29. The number of benzene rings is 4. The molecule has 0 aromatic heterocycles. The van der Waals surface area contributed by atoms with E-state index >= 15 is 0 Å². The second-order valence-corrected chi connectivity index (χ2v) is 11.5. The standard InChI is InChI=1S/C37H38N2O4.C2H2.CH2O2/c1-26-18-32(42-25-31-10-7-11-33(27(31)2)30-12-13-35-37(20-30)41-17-16-40-35)21-36(34(26)23-39-14-4-3-5-15-39)43-24-29-9-6-8-28(19-29)22-38;1-2;2-1-3/h6-13,18-21H,3-5,14-17,23-25H2,1-2H3;1-2H;1H,(H,2,3). The molecule has 0 atom stereocenters. The van der Waals surface area contributed by atoms with Gasteiger partial charge in [-0.3, -0.25) is 9.69 Å². The Morgan fingerprint density at radius 3 is 2.38 bits per heavy atom. The van der Waals surface area contributed by atoms with Crippen LogP contribution < -0.4 is 18.9 Å². The summed E-state index contributed by atoms with van der Waals surface area (Å²) < 4.78 is 24.4. The highest BCUT2D eigenvalue weighted by molar-refractivity contribution is 5.71. The average Bonchev–Trinajstić information content (AvgIpc) is 3.13. The van der Waals surface area contributed by atoms with Crippen molar-refractivity contribution in [3.05, 3.63) is 106 Å². The molecule has 6 rings (SSSR count). The molecule has 8 heteroatoms. The SMILES string of the molecule is C#C.Cc1cc(OCc2cccc(-c3ccc4c(c3)OCCO4)c2C)cc(OCc2cccc(C#N)c2)c1CN1CCCCC1.O=CO. The van der Waals surface area contributed by atoms with Crippen molar-refractivity contribution in [2.45, 2.75) is 52.9 Å². The molecule has 8 nitrogen and oxygen atoms in total. The van der Waals surface area contributed by atoms with Gasteiger partial charge in [-0.25, -0.2) is 0 Å². The topological polar surface area (TPSA) is 101 Å². The summed E-state index contributed by atoms with van der Waals surface area (Å²) in [6.45, 7) is 9.10. The Labute approximate surface area is 283 Å². The predicted molar refractivity (Wildman–Crippen MR) is 186 cm³/mol. The number of carboxylic acid groups (broad SMARTS) is 1. The Kier molecular flexibility index (Phi) is 13.3. The molecular weight excluding hydrogens is 604 g/mol. The largest absolute Gasteiger partial charge is 0.489 e. The quantitative estimate of drug-likeness (QED) is 0.146. The van der Waals surface area contributed by atoms with Crippen LogP contribution in [0.3, 0.4) is 0 Å². The minimum atomic E-state index is -0.250. The summed E-state index contributed by atoms with van der Waals surface area (Å²) >= 11 is 0. The van der Waals surface area contributed by atoms with Crippen LogP contribution in [0, 0.1) is 38.0 Å². The summed E-state index contributed by atoms with van der Waals surface area (Å²) in [4.78, 5) is 10.9. The van der Waals surface area contributed by atoms with Gasteiger partial charge in [0.25, 0.3) is 6.47 Å². The molecule has 248 valence electrons. The average molecular weight is 647 g/mol. The van der Waals surface area contributed by atoms with Gasteiger partial charge in [0.15, 0.2) is 11.5 Å². The molecular formula is C40H42N2O6. The highest BCUT2D eigenvalue weighted by Crippen LogP contribution is 2.37. The summed E-state index contributed by atoms with van der Waals surface area (Å²) in [5, 5.41) is 16.2. The number of nitriles is 1. The number of nitrogens with zero attached hydrogens (tertiary/aromatic N) is 2. The van der Waals surface area contributed by atoms with E-state index in [4.69, 9.17) is 28.8 Å². The number of likely N-dealkylation sites (tertiary alicyclic amines) is 1. The third-order valence-corrected chi connectivity index (χ3v) is 8.38. The number of terminal acetylenes is 1. The normalized spacial score (nSPS) is 13.4. The van der Waals surface area contributed by atoms with E-state index in [1.54, 1.807) is 0 Å². The van der Waals surface area contributed by atoms with Gasteiger partial charge in [0.1, 0.15) is 37.9 Å². The Bertz CT molecular complexity index is 1740. The lowest BCUT2D eigenvalue weighted by atomic mass is 9.96. The van der Waals surface area contributed by atoms with Crippen molar-refractivity contribution in [3.8, 4) is 53.0 Å². The van der Waals surface area contributed by atoms with E-state index in [-0.39, 0.29) is 6.47 Å². The molecule has 2 heterocycles. The van der Waals surface area contributed by atoms with Gasteiger partial charge in [-0.15, -0.1) is 12.8 Å². The van der Waals surface area contributed by atoms with Crippen LogP contribution in [0.5, 0.6) is 23.0 Å². The van der Waals surface area contributed by atoms with Crippen molar-refractivity contribution >= 4 is 6.47 Å². The summed E-state index contributed by atoms with van der Waals surface area (Å²) in [5.41, 5.74) is 8.50. The van der Waals surface area contributed by atoms with Gasteiger partial charge in [-0.1, -0.05) is 42.8 Å². The summed E-state index contributed by atoms with van der Waals surface area (Å²) in [6.07, 6.45) is 11.8. The number of hydrogen-bond donors (Lipinski definition) is 1. The molecule has 0 radical (unpaired) electrons. The van der Waals surface area contributed by atoms with Crippen LogP contribution in [0.25, 0.3) is 11.1 Å². The number of ether oxygens (including phenoxy) is 4. The van der Waals surface area contributed by atoms with Crippen molar-refractivity contribution in [2.24, 2.45) is 0 Å². The van der Waals surface area contributed by atoms with E-state index in [0.29, 0.717) is 32.0 Å². The smallest absolute Gasteiger partial charge is 0.290 e. The Balaban J connectivity index is 0.000000986. The fourth-order valence-electron chi connectivity index (χ4n) is 5.92. The Morgan fingerprint density at radius 1 is 0.896 bits per heavy atom. The predicted octanol–water partition coefficient (Wildman–Crippen LogP) is 7.71. The molecule has 1 N–H and O–H groups in total. The molecule has 4 aromatic carbocycles. The van der Waals surface area contributed by atoms with Gasteiger partial charge in [0, 0.05) is 18.2 Å². The first-order valence-electron chi connectivity index (χ1n) is 16.0. The van der Waals surface area contributed by atoms with Crippen LogP contribution in [-0.4, -0.2) is 42.8 Å². The fraction of sp³-hybridized carbons (Fsp3) is 0.300. The first-order chi connectivity index (χ1) is 23.5. The second-order valence-electron chi connectivity index (χ2n) is 11.5. The third kappa shape index (κ3) is 9.31. The van der Waals surface area contributed by atoms with E-state index in [2.05, 4.69) is 74.1 Å². The van der Waals surface area contributed by atoms with Gasteiger partial charge in [0.05, 0.1) is 11.6 Å². The van der Waals surface area contributed by atoms with Gasteiger partial charge in [-0.05, 0) is 103 Å². The van der Waals surface area contributed by atoms with E-state index < -0.39 is 0 Å². The van der Waals surface area contributed by atoms with Crippen molar-refractivity contribution in [3.63, 3.8) is 0 Å². The maximum atomic E-state index is 9.32. The zero-order valence-corrected chi connectivity index (χ0v) is 27.6. The fourth-order valence-corrected chi connectivity index (χ4v) is 5.92. The Morgan fingerprint density at radius 2 is 1.62 bits per heavy atom. The zero-order valence-electron chi connectivity index (χ0n) is 27.6. The number of piperidine rings is 1. The van der Waals surface area contributed by atoms with Crippen molar-refractivity contribution in [2.75, 3.05) is 26.3 Å². The highest BCUT2D eigenvalue weighted by Gasteiger charge is 2.18. The molecule has 1 saturated heterocycles. The molecule has 2 aliphatic heterocycles. The number of hydrogen-bond acceptors (Lipinski definition) is 7. The van der Waals surface area contributed by atoms with E-state index in [1.165, 1.54) is 30.4 Å². The minimum Gasteiger partial charge on any atom is -0.489 e. The molecule has 2 aliphatic rings. The Hall–Kier alpha value is -5.44. The van der Waals surface area contributed by atoms with E-state index in [9.17, 15) is 5.26 Å². The van der Waals surface area contributed by atoms with Crippen LogP contribution in [0.1, 0.15) is 52.6 Å². The highest BCUT2D eigenvalue weighted by atomic mass is 16.6. The second kappa shape index (κ2) is 18.0. The molecule has 0 unspecified atom stereocenters. The number of fused-ring (bicyclic) bond motifs is 1. The molecule has 0 aliphatic carbocycles. The lowest BCUT2D eigenvalue weighted by Gasteiger charge is -2.28. The number of aryl methyl sites for hydroxylation is 1. The monoisotopic (exact) mass is 646 g/mol. The van der Waals surface area contributed by atoms with Crippen molar-refractivity contribution in [1.82, 2.24) is 4.90 Å². The summed E-state index contributed by atoms with van der Waals surface area (Å²) in [6, 6.07) is 26.4. The molecule has 4 aromatic rings. The molecule has 0 amide bonds. The third-order valence-electron chi connectivity index (χ3n) is 8.38. The molecule has 1 fully saturated rings. The van der Waals surface area contributed by atoms with Crippen molar-refractivity contribution in [1.29, 1.82) is 5.26 Å². The molecule has 0 spiro atoms. The van der Waals surface area contributed by atoms with E-state index in [1.807, 2.05) is 36.4 Å². The molecule has 48 heavy (non-hydrogen) atoms. The van der Waals surface area contributed by atoms with Crippen LogP contribution >= 0.6 is 0 Å². The zero-order chi connectivity index (χ0) is 34.3. The maximum absolute atomic E-state index is 9.32. The van der Waals surface area contributed by atoms with Crippen LogP contribution in [0.2, 0.25) is 0 Å². The molecule has 0 bridgehead atoms. The summed E-state index contributed by atoms with van der Waals surface area (Å²) in [7, 11) is 0. The molecule has 0 saturated carbocycles. The first-order valence-corrected chi connectivity index (χ1v) is 16.0. The van der Waals surface area contributed by atoms with Gasteiger partial charge in [-0.2, -0.15) is 5.26 Å². The van der Waals surface area contributed by atoms with Crippen molar-refractivity contribution < 1.29 is 28.8 Å². The number of rotatable bonds is 9. The minimum absolute atomic E-state index is 0.250. The van der Waals surface area contributed by atoms with Crippen LogP contribution in [0.4, 0.5) is 0 Å². The van der Waals surface area contributed by atoms with Gasteiger partial charge >= 0.3 is 0 Å². The summed E-state index contributed by atoms with van der Waals surface area (Å²) in [5.74, 6) is 3.20. The van der Waals surface area contributed by atoms with Gasteiger partial charge in [0.2, 0.25) is 0 Å². The maximum Gasteiger partial charge on any atom is 0.290 e. The van der Waals surface area contributed by atoms with Crippen LogP contribution in [-0.2, 0) is 24.6 Å². The number of carbonyl (C=O) groups is 1.